The number of hydrogen-bond acceptors (Lipinski definition) is 3. The van der Waals surface area contributed by atoms with E-state index in [1.807, 2.05) is 18.2 Å². The van der Waals surface area contributed by atoms with E-state index >= 15 is 0 Å². The van der Waals surface area contributed by atoms with Gasteiger partial charge in [0.15, 0.2) is 0 Å². The van der Waals surface area contributed by atoms with Crippen LogP contribution in [0.4, 0.5) is 0 Å². The van der Waals surface area contributed by atoms with E-state index < -0.39 is 0 Å². The number of nitrogens with two attached hydrogens (primary N) is 1. The molecule has 3 N–H and O–H groups in total. The summed E-state index contributed by atoms with van der Waals surface area (Å²) in [7, 11) is 1.68. The molecule has 1 rings (SSSR count). The molecule has 1 aromatic rings. The molecule has 0 fully saturated rings. The number of nitrogens with one attached hydrogen (secondary N) is 1. The summed E-state index contributed by atoms with van der Waals surface area (Å²) in [5.74, 6) is 0.891. The second-order valence-corrected chi connectivity index (χ2v) is 4.48. The van der Waals surface area contributed by atoms with Crippen LogP contribution in [-0.2, 0) is 6.54 Å². The number of ether oxygens (including phenoxy) is 1. The Kier molecular flexibility index (Phi) is 6.45. The van der Waals surface area contributed by atoms with E-state index in [4.69, 9.17) is 10.5 Å². The molecule has 0 aliphatic heterocycles. The highest BCUT2D eigenvalue weighted by atomic mass is 79.9. The summed E-state index contributed by atoms with van der Waals surface area (Å²) in [6, 6.07) is 6.00. The molecular formula is C12H19BrN2O. The Balaban J connectivity index is 2.40. The number of unbranched alkanes of at least 4 members (excludes halogenated alkanes) is 1. The van der Waals surface area contributed by atoms with E-state index in [2.05, 4.69) is 21.2 Å². The molecule has 0 unspecified atom stereocenters. The van der Waals surface area contributed by atoms with E-state index in [0.29, 0.717) is 0 Å². The van der Waals surface area contributed by atoms with E-state index in [1.54, 1.807) is 7.11 Å². The molecule has 0 atom stereocenters. The fraction of sp³-hybridized carbons (Fsp3) is 0.500. The van der Waals surface area contributed by atoms with Gasteiger partial charge in [-0.05, 0) is 49.7 Å². The van der Waals surface area contributed by atoms with Crippen molar-refractivity contribution in [2.75, 3.05) is 20.2 Å². The third kappa shape index (κ3) is 4.51. The molecule has 0 aliphatic carbocycles. The third-order valence-corrected chi connectivity index (χ3v) is 3.15. The van der Waals surface area contributed by atoms with Crippen molar-refractivity contribution >= 4 is 15.9 Å². The number of hydrogen-bond donors (Lipinski definition) is 2. The second kappa shape index (κ2) is 7.65. The van der Waals surface area contributed by atoms with Crippen LogP contribution in [0.25, 0.3) is 0 Å². The molecule has 0 amide bonds. The average Bonchev–Trinajstić information content (AvgIpc) is 2.31. The van der Waals surface area contributed by atoms with Crippen molar-refractivity contribution in [3.05, 3.63) is 28.2 Å². The Hall–Kier alpha value is -0.580. The van der Waals surface area contributed by atoms with Gasteiger partial charge in [0.05, 0.1) is 7.11 Å². The molecule has 4 heteroatoms. The van der Waals surface area contributed by atoms with E-state index in [1.165, 1.54) is 5.56 Å². The van der Waals surface area contributed by atoms with Crippen molar-refractivity contribution in [2.24, 2.45) is 5.73 Å². The molecule has 0 saturated heterocycles. The van der Waals surface area contributed by atoms with Crippen molar-refractivity contribution in [3.63, 3.8) is 0 Å². The first-order valence-electron chi connectivity index (χ1n) is 5.51. The summed E-state index contributed by atoms with van der Waals surface area (Å²) in [6.07, 6.45) is 2.20. The lowest BCUT2D eigenvalue weighted by molar-refractivity contribution is 0.414. The Labute approximate surface area is 105 Å². The summed E-state index contributed by atoms with van der Waals surface area (Å²) >= 11 is 3.53. The molecule has 0 radical (unpaired) electrons. The SMILES string of the molecule is COc1ccc(Br)c(CNCCCCN)c1. The first-order chi connectivity index (χ1) is 7.77. The van der Waals surface area contributed by atoms with Crippen molar-refractivity contribution < 1.29 is 4.74 Å². The summed E-state index contributed by atoms with van der Waals surface area (Å²) in [6.45, 7) is 2.62. The van der Waals surface area contributed by atoms with Crippen LogP contribution in [0.15, 0.2) is 22.7 Å². The Morgan fingerprint density at radius 2 is 2.19 bits per heavy atom. The molecule has 16 heavy (non-hydrogen) atoms. The van der Waals surface area contributed by atoms with Crippen LogP contribution in [0, 0.1) is 0 Å². The van der Waals surface area contributed by atoms with Gasteiger partial charge < -0.3 is 15.8 Å². The zero-order chi connectivity index (χ0) is 11.8. The summed E-state index contributed by atoms with van der Waals surface area (Å²) in [4.78, 5) is 0. The largest absolute Gasteiger partial charge is 0.497 e. The average molecular weight is 287 g/mol. The van der Waals surface area contributed by atoms with Crippen LogP contribution in [0.3, 0.4) is 0 Å². The quantitative estimate of drug-likeness (QED) is 0.756. The number of rotatable bonds is 7. The van der Waals surface area contributed by atoms with Crippen LogP contribution in [0.5, 0.6) is 5.75 Å². The van der Waals surface area contributed by atoms with Gasteiger partial charge in [0.1, 0.15) is 5.75 Å². The smallest absolute Gasteiger partial charge is 0.119 e. The van der Waals surface area contributed by atoms with Crippen LogP contribution < -0.4 is 15.8 Å². The van der Waals surface area contributed by atoms with Gasteiger partial charge in [-0.2, -0.15) is 0 Å². The van der Waals surface area contributed by atoms with Gasteiger partial charge in [-0.1, -0.05) is 15.9 Å². The second-order valence-electron chi connectivity index (χ2n) is 3.63. The molecule has 90 valence electrons. The van der Waals surface area contributed by atoms with E-state index in [9.17, 15) is 0 Å². The standard InChI is InChI=1S/C12H19BrN2O/c1-16-11-4-5-12(13)10(8-11)9-15-7-3-2-6-14/h4-5,8,15H,2-3,6-7,9,14H2,1H3. The van der Waals surface area contributed by atoms with Gasteiger partial charge in [0.25, 0.3) is 0 Å². The number of methoxy groups -OCH3 is 1. The predicted molar refractivity (Wildman–Crippen MR) is 70.7 cm³/mol. The van der Waals surface area contributed by atoms with E-state index in [-0.39, 0.29) is 0 Å². The maximum absolute atomic E-state index is 5.43. The maximum Gasteiger partial charge on any atom is 0.119 e. The first-order valence-corrected chi connectivity index (χ1v) is 6.30. The lowest BCUT2D eigenvalue weighted by atomic mass is 10.2. The monoisotopic (exact) mass is 286 g/mol. The number of benzene rings is 1. The Morgan fingerprint density at radius 3 is 2.88 bits per heavy atom. The molecule has 0 heterocycles. The molecule has 0 spiro atoms. The summed E-state index contributed by atoms with van der Waals surface area (Å²) < 4.78 is 6.30. The topological polar surface area (TPSA) is 47.3 Å². The van der Waals surface area contributed by atoms with Gasteiger partial charge in [0, 0.05) is 11.0 Å². The van der Waals surface area contributed by atoms with Gasteiger partial charge in [-0.3, -0.25) is 0 Å². The van der Waals surface area contributed by atoms with Gasteiger partial charge >= 0.3 is 0 Å². The van der Waals surface area contributed by atoms with Gasteiger partial charge in [0.2, 0.25) is 0 Å². The molecular weight excluding hydrogens is 268 g/mol. The molecule has 1 aromatic carbocycles. The normalized spacial score (nSPS) is 10.4. The Morgan fingerprint density at radius 1 is 1.38 bits per heavy atom. The highest BCUT2D eigenvalue weighted by molar-refractivity contribution is 9.10. The molecule has 0 bridgehead atoms. The Bertz CT molecular complexity index is 318. The lowest BCUT2D eigenvalue weighted by Crippen LogP contribution is -2.16. The first kappa shape index (κ1) is 13.5. The van der Waals surface area contributed by atoms with Crippen LogP contribution in [0.1, 0.15) is 18.4 Å². The van der Waals surface area contributed by atoms with Crippen LogP contribution in [-0.4, -0.2) is 20.2 Å². The summed E-state index contributed by atoms with van der Waals surface area (Å²) in [5.41, 5.74) is 6.65. The van der Waals surface area contributed by atoms with Crippen LogP contribution >= 0.6 is 15.9 Å². The van der Waals surface area contributed by atoms with E-state index in [0.717, 1.165) is 42.7 Å². The van der Waals surface area contributed by atoms with Gasteiger partial charge in [-0.15, -0.1) is 0 Å². The fourth-order valence-corrected chi connectivity index (χ4v) is 1.82. The minimum absolute atomic E-state index is 0.768. The highest BCUT2D eigenvalue weighted by Crippen LogP contribution is 2.22. The summed E-state index contributed by atoms with van der Waals surface area (Å²) in [5, 5.41) is 3.39. The van der Waals surface area contributed by atoms with Crippen molar-refractivity contribution in [3.8, 4) is 5.75 Å². The maximum atomic E-state index is 5.43. The molecule has 0 aliphatic rings. The zero-order valence-corrected chi connectivity index (χ0v) is 11.2. The predicted octanol–water partition coefficient (Wildman–Crippen LogP) is 2.29. The van der Waals surface area contributed by atoms with Crippen molar-refractivity contribution in [1.82, 2.24) is 5.32 Å². The molecule has 0 saturated carbocycles. The van der Waals surface area contributed by atoms with Gasteiger partial charge in [-0.25, -0.2) is 0 Å². The number of halogens is 1. The zero-order valence-electron chi connectivity index (χ0n) is 9.63. The minimum Gasteiger partial charge on any atom is -0.497 e. The fourth-order valence-electron chi connectivity index (χ4n) is 1.43. The van der Waals surface area contributed by atoms with Crippen molar-refractivity contribution in [1.29, 1.82) is 0 Å². The molecule has 3 nitrogen and oxygen atoms in total. The minimum atomic E-state index is 0.768. The molecule has 0 aromatic heterocycles. The highest BCUT2D eigenvalue weighted by Gasteiger charge is 2.01. The lowest BCUT2D eigenvalue weighted by Gasteiger charge is -2.08. The third-order valence-electron chi connectivity index (χ3n) is 2.38. The van der Waals surface area contributed by atoms with Crippen molar-refractivity contribution in [2.45, 2.75) is 19.4 Å². The van der Waals surface area contributed by atoms with Crippen LogP contribution in [0.2, 0.25) is 0 Å².